The molecule has 21 heavy (non-hydrogen) atoms. The highest BCUT2D eigenvalue weighted by Gasteiger charge is 2.18. The lowest BCUT2D eigenvalue weighted by molar-refractivity contribution is 0.439. The number of nitrogens with zero attached hydrogens (tertiary/aromatic N) is 1. The Bertz CT molecular complexity index is 777. The zero-order valence-corrected chi connectivity index (χ0v) is 12.9. The van der Waals surface area contributed by atoms with Gasteiger partial charge in [-0.2, -0.15) is 0 Å². The predicted molar refractivity (Wildman–Crippen MR) is 86.8 cm³/mol. The maximum absolute atomic E-state index is 6.03. The average Bonchev–Trinajstić information content (AvgIpc) is 2.80. The molecule has 0 aliphatic carbocycles. The summed E-state index contributed by atoms with van der Waals surface area (Å²) in [7, 11) is 0. The van der Waals surface area contributed by atoms with Crippen molar-refractivity contribution in [1.82, 2.24) is 5.16 Å². The number of hydrogen-bond acceptors (Lipinski definition) is 3. The molecule has 0 aliphatic rings. The van der Waals surface area contributed by atoms with Crippen LogP contribution in [0, 0.1) is 0 Å². The molecular weight excluding hydrogens is 331 g/mol. The minimum absolute atomic E-state index is 0.225. The number of aromatic nitrogens is 1. The SMILES string of the molecule is Nc1onc(-c2cc(Cl)cc(Cl)c2)c1-c1ccc(Cl)cc1. The Morgan fingerprint density at radius 1 is 0.810 bits per heavy atom. The Balaban J connectivity index is 2.19. The number of anilines is 1. The van der Waals surface area contributed by atoms with Gasteiger partial charge in [-0.15, -0.1) is 0 Å². The summed E-state index contributed by atoms with van der Waals surface area (Å²) >= 11 is 18.0. The quantitative estimate of drug-likeness (QED) is 0.666. The summed E-state index contributed by atoms with van der Waals surface area (Å²) in [6.07, 6.45) is 0. The van der Waals surface area contributed by atoms with Gasteiger partial charge in [-0.25, -0.2) is 0 Å². The topological polar surface area (TPSA) is 52.0 Å². The van der Waals surface area contributed by atoms with Crippen molar-refractivity contribution in [2.24, 2.45) is 0 Å². The molecule has 0 saturated carbocycles. The Hall–Kier alpha value is -1.68. The fraction of sp³-hybridized carbons (Fsp3) is 0. The first-order valence-electron chi connectivity index (χ1n) is 6.02. The fourth-order valence-corrected chi connectivity index (χ4v) is 2.74. The Morgan fingerprint density at radius 3 is 2.05 bits per heavy atom. The molecule has 0 spiro atoms. The zero-order valence-electron chi connectivity index (χ0n) is 10.6. The third-order valence-corrected chi connectivity index (χ3v) is 3.68. The maximum Gasteiger partial charge on any atom is 0.230 e. The van der Waals surface area contributed by atoms with Gasteiger partial charge in [-0.1, -0.05) is 52.1 Å². The van der Waals surface area contributed by atoms with Crippen LogP contribution in [0.15, 0.2) is 47.0 Å². The Labute approximate surface area is 136 Å². The molecule has 0 fully saturated rings. The first-order valence-corrected chi connectivity index (χ1v) is 7.15. The van der Waals surface area contributed by atoms with Crippen molar-refractivity contribution in [1.29, 1.82) is 0 Å². The highest BCUT2D eigenvalue weighted by atomic mass is 35.5. The van der Waals surface area contributed by atoms with Crippen LogP contribution in [0.2, 0.25) is 15.1 Å². The second-order valence-corrected chi connectivity index (χ2v) is 5.74. The van der Waals surface area contributed by atoms with Gasteiger partial charge in [0.05, 0.1) is 5.56 Å². The molecule has 0 saturated heterocycles. The van der Waals surface area contributed by atoms with E-state index in [1.165, 1.54) is 0 Å². The molecule has 0 bridgehead atoms. The van der Waals surface area contributed by atoms with E-state index >= 15 is 0 Å². The summed E-state index contributed by atoms with van der Waals surface area (Å²) < 4.78 is 5.12. The van der Waals surface area contributed by atoms with Crippen LogP contribution in [0.1, 0.15) is 0 Å². The standard InChI is InChI=1S/C15H9Cl3N2O/c16-10-3-1-8(2-4-10)13-14(20-21-15(13)19)9-5-11(17)7-12(18)6-9/h1-7H,19H2. The van der Waals surface area contributed by atoms with Crippen LogP contribution in [-0.4, -0.2) is 5.16 Å². The summed E-state index contributed by atoms with van der Waals surface area (Å²) in [5, 5.41) is 5.69. The van der Waals surface area contributed by atoms with Crippen molar-refractivity contribution in [3.8, 4) is 22.4 Å². The van der Waals surface area contributed by atoms with E-state index in [2.05, 4.69) is 5.16 Å². The molecule has 3 rings (SSSR count). The van der Waals surface area contributed by atoms with E-state index in [0.717, 1.165) is 11.1 Å². The number of rotatable bonds is 2. The lowest BCUT2D eigenvalue weighted by atomic mass is 10.0. The summed E-state index contributed by atoms with van der Waals surface area (Å²) in [5.41, 5.74) is 8.75. The predicted octanol–water partition coefficient (Wildman–Crippen LogP) is 5.55. The van der Waals surface area contributed by atoms with E-state index in [1.807, 2.05) is 12.1 Å². The van der Waals surface area contributed by atoms with Gasteiger partial charge in [0.15, 0.2) is 0 Å². The number of hydrogen-bond donors (Lipinski definition) is 1. The van der Waals surface area contributed by atoms with E-state index in [9.17, 15) is 0 Å². The molecular formula is C15H9Cl3N2O. The lowest BCUT2D eigenvalue weighted by Crippen LogP contribution is -1.88. The van der Waals surface area contributed by atoms with Crippen molar-refractivity contribution >= 4 is 40.7 Å². The highest BCUT2D eigenvalue weighted by molar-refractivity contribution is 6.35. The Kier molecular flexibility index (Phi) is 3.81. The second kappa shape index (κ2) is 5.60. The van der Waals surface area contributed by atoms with E-state index in [1.54, 1.807) is 30.3 Å². The first-order chi connectivity index (χ1) is 10.0. The van der Waals surface area contributed by atoms with Gasteiger partial charge in [-0.3, -0.25) is 0 Å². The van der Waals surface area contributed by atoms with Gasteiger partial charge < -0.3 is 10.3 Å². The summed E-state index contributed by atoms with van der Waals surface area (Å²) in [5.74, 6) is 0.225. The molecule has 0 aliphatic heterocycles. The van der Waals surface area contributed by atoms with Crippen LogP contribution in [0.25, 0.3) is 22.4 Å². The number of benzene rings is 2. The van der Waals surface area contributed by atoms with Crippen LogP contribution >= 0.6 is 34.8 Å². The van der Waals surface area contributed by atoms with Gasteiger partial charge in [-0.05, 0) is 35.9 Å². The molecule has 1 aromatic heterocycles. The van der Waals surface area contributed by atoms with E-state index in [0.29, 0.717) is 26.3 Å². The molecule has 0 atom stereocenters. The van der Waals surface area contributed by atoms with Crippen molar-refractivity contribution < 1.29 is 4.52 Å². The van der Waals surface area contributed by atoms with E-state index in [4.69, 9.17) is 45.1 Å². The van der Waals surface area contributed by atoms with Crippen LogP contribution < -0.4 is 5.73 Å². The van der Waals surface area contributed by atoms with Gasteiger partial charge >= 0.3 is 0 Å². The third-order valence-electron chi connectivity index (χ3n) is 2.99. The smallest absolute Gasteiger partial charge is 0.230 e. The molecule has 0 unspecified atom stereocenters. The molecule has 3 nitrogen and oxygen atoms in total. The van der Waals surface area contributed by atoms with Crippen LogP contribution in [-0.2, 0) is 0 Å². The fourth-order valence-electron chi connectivity index (χ4n) is 2.09. The highest BCUT2D eigenvalue weighted by Crippen LogP contribution is 2.38. The molecule has 0 amide bonds. The number of nitrogen functional groups attached to an aromatic ring is 1. The van der Waals surface area contributed by atoms with Crippen molar-refractivity contribution in [2.45, 2.75) is 0 Å². The summed E-state index contributed by atoms with van der Waals surface area (Å²) in [6, 6.07) is 12.4. The number of halogens is 3. The minimum Gasteiger partial charge on any atom is -0.367 e. The molecule has 1 heterocycles. The van der Waals surface area contributed by atoms with Crippen LogP contribution in [0.5, 0.6) is 0 Å². The first kappa shape index (κ1) is 14.3. The summed E-state index contributed by atoms with van der Waals surface area (Å²) in [4.78, 5) is 0. The normalized spacial score (nSPS) is 10.8. The molecule has 2 N–H and O–H groups in total. The molecule has 6 heteroatoms. The minimum atomic E-state index is 0.225. The van der Waals surface area contributed by atoms with Gasteiger partial charge in [0.1, 0.15) is 5.69 Å². The second-order valence-electron chi connectivity index (χ2n) is 4.44. The van der Waals surface area contributed by atoms with Crippen molar-refractivity contribution in [3.63, 3.8) is 0 Å². The average molecular weight is 340 g/mol. The largest absolute Gasteiger partial charge is 0.367 e. The third kappa shape index (κ3) is 2.86. The van der Waals surface area contributed by atoms with Gasteiger partial charge in [0.25, 0.3) is 0 Å². The zero-order chi connectivity index (χ0) is 15.0. The van der Waals surface area contributed by atoms with Crippen LogP contribution in [0.3, 0.4) is 0 Å². The number of nitrogens with two attached hydrogens (primary N) is 1. The van der Waals surface area contributed by atoms with E-state index < -0.39 is 0 Å². The monoisotopic (exact) mass is 338 g/mol. The Morgan fingerprint density at radius 2 is 1.43 bits per heavy atom. The molecule has 0 radical (unpaired) electrons. The van der Waals surface area contributed by atoms with Gasteiger partial charge in [0.2, 0.25) is 5.88 Å². The maximum atomic E-state index is 6.03. The molecule has 3 aromatic rings. The molecule has 106 valence electrons. The van der Waals surface area contributed by atoms with Crippen LogP contribution in [0.4, 0.5) is 5.88 Å². The lowest BCUT2D eigenvalue weighted by Gasteiger charge is -2.04. The van der Waals surface area contributed by atoms with Crippen molar-refractivity contribution in [3.05, 3.63) is 57.5 Å². The van der Waals surface area contributed by atoms with Gasteiger partial charge in [0, 0.05) is 20.6 Å². The van der Waals surface area contributed by atoms with E-state index in [-0.39, 0.29) is 5.88 Å². The molecule has 2 aromatic carbocycles. The van der Waals surface area contributed by atoms with Crippen molar-refractivity contribution in [2.75, 3.05) is 5.73 Å². The summed E-state index contributed by atoms with van der Waals surface area (Å²) in [6.45, 7) is 0.